The first kappa shape index (κ1) is 15.5. The summed E-state index contributed by atoms with van der Waals surface area (Å²) in [5.74, 6) is 0.610. The van der Waals surface area contributed by atoms with Gasteiger partial charge < -0.3 is 5.32 Å². The van der Waals surface area contributed by atoms with Crippen LogP contribution in [0.4, 0.5) is 11.5 Å². The number of anilines is 1. The summed E-state index contributed by atoms with van der Waals surface area (Å²) >= 11 is 6.91. The van der Waals surface area contributed by atoms with E-state index < -0.39 is 4.92 Å². The Labute approximate surface area is 131 Å². The van der Waals surface area contributed by atoms with Gasteiger partial charge in [-0.1, -0.05) is 18.5 Å². The number of hydrogen-bond donors (Lipinski definition) is 1. The highest BCUT2D eigenvalue weighted by atomic mass is 35.5. The summed E-state index contributed by atoms with van der Waals surface area (Å²) in [4.78, 5) is 19.0. The number of rotatable bonds is 6. The Morgan fingerprint density at radius 3 is 2.81 bits per heavy atom. The molecule has 0 radical (unpaired) electrons. The number of nitrogens with one attached hydrogen (secondary N) is 1. The molecule has 2 aromatic rings. The van der Waals surface area contributed by atoms with E-state index in [1.807, 2.05) is 6.92 Å². The van der Waals surface area contributed by atoms with Crippen LogP contribution in [0.2, 0.25) is 5.02 Å². The van der Waals surface area contributed by atoms with Crippen LogP contribution in [0.5, 0.6) is 0 Å². The third-order valence-corrected chi connectivity index (χ3v) is 3.66. The maximum absolute atomic E-state index is 11.1. The summed E-state index contributed by atoms with van der Waals surface area (Å²) in [7, 11) is 0. The zero-order valence-corrected chi connectivity index (χ0v) is 12.8. The highest BCUT2D eigenvalue weighted by molar-refractivity contribution is 7.99. The fourth-order valence-corrected chi connectivity index (χ4v) is 2.46. The number of hydrogen-bond acceptors (Lipinski definition) is 6. The average molecular weight is 325 g/mol. The molecule has 2 rings (SSSR count). The number of pyridine rings is 2. The van der Waals surface area contributed by atoms with Crippen molar-refractivity contribution in [3.8, 4) is 0 Å². The molecule has 6 nitrogen and oxygen atoms in total. The van der Waals surface area contributed by atoms with Gasteiger partial charge in [-0.3, -0.25) is 10.1 Å². The van der Waals surface area contributed by atoms with Crippen molar-refractivity contribution in [2.75, 3.05) is 11.9 Å². The van der Waals surface area contributed by atoms with E-state index in [-0.39, 0.29) is 5.69 Å². The second-order valence-electron chi connectivity index (χ2n) is 4.12. The molecule has 0 saturated heterocycles. The van der Waals surface area contributed by atoms with E-state index in [9.17, 15) is 10.1 Å². The summed E-state index contributed by atoms with van der Waals surface area (Å²) in [5, 5.41) is 15.6. The number of aromatic nitrogens is 2. The Bertz CT molecular complexity index is 637. The van der Waals surface area contributed by atoms with Gasteiger partial charge in [0.15, 0.2) is 5.03 Å². The Kier molecular flexibility index (Phi) is 5.35. The van der Waals surface area contributed by atoms with Crippen LogP contribution in [0.1, 0.15) is 13.3 Å². The molecule has 0 amide bonds. The summed E-state index contributed by atoms with van der Waals surface area (Å²) in [6, 6.07) is 6.43. The average Bonchev–Trinajstić information content (AvgIpc) is 2.47. The standard InChI is InChI=1S/C13H13ClN4O2S/c1-2-7-15-11-5-4-10(18(19)20)13(17-11)21-12-6-3-9(14)8-16-12/h3-6,8H,2,7H2,1H3,(H,15,17). The maximum atomic E-state index is 11.1. The lowest BCUT2D eigenvalue weighted by Crippen LogP contribution is -2.03. The molecule has 0 unspecified atom stereocenters. The van der Waals surface area contributed by atoms with Gasteiger partial charge in [0.1, 0.15) is 10.8 Å². The quantitative estimate of drug-likeness (QED) is 0.638. The molecule has 0 aromatic carbocycles. The van der Waals surface area contributed by atoms with Gasteiger partial charge in [-0.05, 0) is 36.4 Å². The minimum absolute atomic E-state index is 0.0428. The summed E-state index contributed by atoms with van der Waals surface area (Å²) < 4.78 is 0. The Hall–Kier alpha value is -1.86. The lowest BCUT2D eigenvalue weighted by atomic mass is 10.4. The monoisotopic (exact) mass is 324 g/mol. The van der Waals surface area contributed by atoms with Crippen molar-refractivity contribution in [3.63, 3.8) is 0 Å². The van der Waals surface area contributed by atoms with E-state index in [0.717, 1.165) is 24.7 Å². The first-order valence-corrected chi connectivity index (χ1v) is 7.48. The van der Waals surface area contributed by atoms with E-state index in [1.165, 1.54) is 12.3 Å². The van der Waals surface area contributed by atoms with Gasteiger partial charge in [0.2, 0.25) is 0 Å². The molecular weight excluding hydrogens is 312 g/mol. The van der Waals surface area contributed by atoms with Gasteiger partial charge >= 0.3 is 5.69 Å². The van der Waals surface area contributed by atoms with E-state index in [4.69, 9.17) is 11.6 Å². The van der Waals surface area contributed by atoms with E-state index in [1.54, 1.807) is 18.2 Å². The molecule has 0 bridgehead atoms. The molecule has 2 heterocycles. The van der Waals surface area contributed by atoms with Crippen molar-refractivity contribution < 1.29 is 4.92 Å². The van der Waals surface area contributed by atoms with Gasteiger partial charge in [0.05, 0.1) is 9.95 Å². The molecule has 1 N–H and O–H groups in total. The molecule has 0 spiro atoms. The van der Waals surface area contributed by atoms with E-state index >= 15 is 0 Å². The summed E-state index contributed by atoms with van der Waals surface area (Å²) in [6.07, 6.45) is 2.44. The smallest absolute Gasteiger partial charge is 0.301 e. The SMILES string of the molecule is CCCNc1ccc([N+](=O)[O-])c(Sc2ccc(Cl)cn2)n1. The molecule has 8 heteroatoms. The molecular formula is C13H13ClN4O2S. The molecule has 21 heavy (non-hydrogen) atoms. The van der Waals surface area contributed by atoms with Crippen molar-refractivity contribution in [3.05, 3.63) is 45.6 Å². The van der Waals surface area contributed by atoms with Crippen LogP contribution in [-0.2, 0) is 0 Å². The van der Waals surface area contributed by atoms with Crippen molar-refractivity contribution in [2.24, 2.45) is 0 Å². The molecule has 0 fully saturated rings. The van der Waals surface area contributed by atoms with Gasteiger partial charge in [-0.25, -0.2) is 9.97 Å². The molecule has 0 atom stereocenters. The zero-order valence-electron chi connectivity index (χ0n) is 11.2. The lowest BCUT2D eigenvalue weighted by molar-refractivity contribution is -0.388. The van der Waals surface area contributed by atoms with Crippen LogP contribution in [0, 0.1) is 10.1 Å². The molecule has 2 aromatic heterocycles. The Morgan fingerprint density at radius 2 is 2.19 bits per heavy atom. The third-order valence-electron chi connectivity index (χ3n) is 2.49. The number of nitro groups is 1. The largest absolute Gasteiger partial charge is 0.370 e. The van der Waals surface area contributed by atoms with E-state index in [0.29, 0.717) is 20.9 Å². The van der Waals surface area contributed by atoms with Gasteiger partial charge in [-0.2, -0.15) is 0 Å². The predicted octanol–water partition coefficient (Wildman–Crippen LogP) is 4.01. The fourth-order valence-electron chi connectivity index (χ4n) is 1.52. The van der Waals surface area contributed by atoms with Crippen LogP contribution < -0.4 is 5.32 Å². The van der Waals surface area contributed by atoms with Crippen molar-refractivity contribution in [1.29, 1.82) is 0 Å². The molecule has 0 aliphatic heterocycles. The second kappa shape index (κ2) is 7.24. The summed E-state index contributed by atoms with van der Waals surface area (Å²) in [6.45, 7) is 2.79. The van der Waals surface area contributed by atoms with E-state index in [2.05, 4.69) is 15.3 Å². The third kappa shape index (κ3) is 4.30. The minimum Gasteiger partial charge on any atom is -0.370 e. The summed E-state index contributed by atoms with van der Waals surface area (Å²) in [5.41, 5.74) is -0.0428. The molecule has 0 aliphatic carbocycles. The first-order valence-electron chi connectivity index (χ1n) is 6.29. The van der Waals surface area contributed by atoms with Gasteiger partial charge in [0, 0.05) is 18.8 Å². The highest BCUT2D eigenvalue weighted by Crippen LogP contribution is 2.33. The van der Waals surface area contributed by atoms with Crippen LogP contribution in [0.3, 0.4) is 0 Å². The van der Waals surface area contributed by atoms with Gasteiger partial charge in [-0.15, -0.1) is 0 Å². The van der Waals surface area contributed by atoms with Crippen LogP contribution >= 0.6 is 23.4 Å². The van der Waals surface area contributed by atoms with Crippen LogP contribution in [0.15, 0.2) is 40.5 Å². The maximum Gasteiger partial charge on any atom is 0.301 e. The molecule has 0 aliphatic rings. The zero-order chi connectivity index (χ0) is 15.2. The topological polar surface area (TPSA) is 81.0 Å². The Balaban J connectivity index is 2.29. The first-order chi connectivity index (χ1) is 10.1. The van der Waals surface area contributed by atoms with Crippen molar-refractivity contribution in [1.82, 2.24) is 9.97 Å². The van der Waals surface area contributed by atoms with Crippen LogP contribution in [0.25, 0.3) is 0 Å². The Morgan fingerprint density at radius 1 is 1.38 bits per heavy atom. The predicted molar refractivity (Wildman–Crippen MR) is 83.0 cm³/mol. The normalized spacial score (nSPS) is 10.4. The number of nitrogens with zero attached hydrogens (tertiary/aromatic N) is 3. The van der Waals surface area contributed by atoms with Crippen molar-refractivity contribution in [2.45, 2.75) is 23.4 Å². The molecule has 0 saturated carbocycles. The van der Waals surface area contributed by atoms with Gasteiger partial charge in [0.25, 0.3) is 0 Å². The number of halogens is 1. The fraction of sp³-hybridized carbons (Fsp3) is 0.231. The molecule has 110 valence electrons. The second-order valence-corrected chi connectivity index (χ2v) is 5.57. The van der Waals surface area contributed by atoms with Crippen LogP contribution in [-0.4, -0.2) is 21.4 Å². The van der Waals surface area contributed by atoms with Crippen molar-refractivity contribution >= 4 is 34.9 Å². The minimum atomic E-state index is -0.450. The highest BCUT2D eigenvalue weighted by Gasteiger charge is 2.17. The lowest BCUT2D eigenvalue weighted by Gasteiger charge is -2.06.